The summed E-state index contributed by atoms with van der Waals surface area (Å²) in [5.41, 5.74) is 7.97. The number of amides is 1. The highest BCUT2D eigenvalue weighted by molar-refractivity contribution is 5.85. The maximum atomic E-state index is 12.0. The van der Waals surface area contributed by atoms with Crippen LogP contribution in [-0.4, -0.2) is 27.8 Å². The van der Waals surface area contributed by atoms with E-state index >= 15 is 0 Å². The number of nitrogens with two attached hydrogens (primary N) is 1. The van der Waals surface area contributed by atoms with E-state index in [1.54, 1.807) is 4.68 Å². The number of carbonyl (C=O) groups is 1. The van der Waals surface area contributed by atoms with Crippen LogP contribution in [0.15, 0.2) is 6.07 Å². The fourth-order valence-corrected chi connectivity index (χ4v) is 2.56. The molecule has 0 spiro atoms. The van der Waals surface area contributed by atoms with Crippen molar-refractivity contribution in [2.45, 2.75) is 58.2 Å². The summed E-state index contributed by atoms with van der Waals surface area (Å²) in [6, 6.07) is 2.20. The predicted molar refractivity (Wildman–Crippen MR) is 77.3 cm³/mol. The highest BCUT2D eigenvalue weighted by Crippen LogP contribution is 2.16. The molecule has 1 aliphatic carbocycles. The largest absolute Gasteiger partial charge is 0.350 e. The Morgan fingerprint density at radius 2 is 2.16 bits per heavy atom. The van der Waals surface area contributed by atoms with Crippen molar-refractivity contribution >= 4 is 18.3 Å². The molecule has 19 heavy (non-hydrogen) atoms. The van der Waals surface area contributed by atoms with Gasteiger partial charge in [0.2, 0.25) is 5.91 Å². The second kappa shape index (κ2) is 6.91. The average Bonchev–Trinajstić information content (AvgIpc) is 2.61. The molecule has 2 rings (SSSR count). The molecule has 3 N–H and O–H groups in total. The molecule has 1 aromatic heterocycles. The van der Waals surface area contributed by atoms with Crippen molar-refractivity contribution < 1.29 is 4.79 Å². The normalized spacial score (nSPS) is 22.7. The third kappa shape index (κ3) is 4.21. The van der Waals surface area contributed by atoms with Crippen LogP contribution in [0.1, 0.15) is 37.1 Å². The van der Waals surface area contributed by atoms with Gasteiger partial charge in [0, 0.05) is 17.8 Å². The van der Waals surface area contributed by atoms with Crippen molar-refractivity contribution in [2.75, 3.05) is 0 Å². The van der Waals surface area contributed by atoms with Crippen molar-refractivity contribution in [3.63, 3.8) is 0 Å². The van der Waals surface area contributed by atoms with Gasteiger partial charge in [0.05, 0.1) is 5.69 Å². The lowest BCUT2D eigenvalue weighted by atomic mass is 9.91. The monoisotopic (exact) mass is 286 g/mol. The first-order valence-corrected chi connectivity index (χ1v) is 6.62. The second-order valence-electron chi connectivity index (χ2n) is 5.21. The standard InChI is InChI=1S/C13H22N4O.ClH/c1-9-7-10(2)17(16-9)8-13(18)15-12-6-4-3-5-11(12)14;/h7,11-12H,3-6,8,14H2,1-2H3,(H,15,18);1H/t11-,12-;/m1./s1. The van der Waals surface area contributed by atoms with E-state index in [-0.39, 0.29) is 36.9 Å². The predicted octanol–water partition coefficient (Wildman–Crippen LogP) is 1.31. The summed E-state index contributed by atoms with van der Waals surface area (Å²) in [4.78, 5) is 12.0. The van der Waals surface area contributed by atoms with Crippen LogP contribution in [0.2, 0.25) is 0 Å². The Kier molecular flexibility index (Phi) is 5.82. The first kappa shape index (κ1) is 16.0. The van der Waals surface area contributed by atoms with Crippen LogP contribution < -0.4 is 11.1 Å². The third-order valence-electron chi connectivity index (χ3n) is 3.56. The van der Waals surface area contributed by atoms with E-state index in [9.17, 15) is 4.79 Å². The van der Waals surface area contributed by atoms with Gasteiger partial charge >= 0.3 is 0 Å². The van der Waals surface area contributed by atoms with E-state index in [1.807, 2.05) is 19.9 Å². The Bertz CT molecular complexity index is 432. The van der Waals surface area contributed by atoms with Crippen LogP contribution >= 0.6 is 12.4 Å². The van der Waals surface area contributed by atoms with Crippen LogP contribution in [0.4, 0.5) is 0 Å². The van der Waals surface area contributed by atoms with E-state index in [2.05, 4.69) is 10.4 Å². The van der Waals surface area contributed by atoms with Gasteiger partial charge in [-0.1, -0.05) is 12.8 Å². The van der Waals surface area contributed by atoms with E-state index in [0.717, 1.165) is 30.7 Å². The molecular weight excluding hydrogens is 264 g/mol. The maximum absolute atomic E-state index is 12.0. The summed E-state index contributed by atoms with van der Waals surface area (Å²) in [5, 5.41) is 7.32. The number of hydrogen-bond donors (Lipinski definition) is 2. The van der Waals surface area contributed by atoms with Gasteiger partial charge in [-0.2, -0.15) is 5.10 Å². The number of nitrogens with one attached hydrogen (secondary N) is 1. The molecule has 0 saturated heterocycles. The highest BCUT2D eigenvalue weighted by atomic mass is 35.5. The van der Waals surface area contributed by atoms with Crippen molar-refractivity contribution in [3.05, 3.63) is 17.5 Å². The van der Waals surface area contributed by atoms with Crippen LogP contribution in [0.3, 0.4) is 0 Å². The summed E-state index contributed by atoms with van der Waals surface area (Å²) in [5.74, 6) is 0.00329. The number of aryl methyl sites for hydroxylation is 2. The van der Waals surface area contributed by atoms with Crippen LogP contribution in [0.25, 0.3) is 0 Å². The van der Waals surface area contributed by atoms with Gasteiger partial charge in [-0.3, -0.25) is 9.48 Å². The number of hydrogen-bond acceptors (Lipinski definition) is 3. The van der Waals surface area contributed by atoms with Gasteiger partial charge in [0.15, 0.2) is 0 Å². The quantitative estimate of drug-likeness (QED) is 0.880. The van der Waals surface area contributed by atoms with Gasteiger partial charge in [-0.15, -0.1) is 12.4 Å². The number of nitrogens with zero attached hydrogens (tertiary/aromatic N) is 2. The summed E-state index contributed by atoms with van der Waals surface area (Å²) in [7, 11) is 0. The number of halogens is 1. The van der Waals surface area contributed by atoms with Gasteiger partial charge in [-0.05, 0) is 32.8 Å². The van der Waals surface area contributed by atoms with Gasteiger partial charge in [-0.25, -0.2) is 0 Å². The molecule has 0 aromatic carbocycles. The van der Waals surface area contributed by atoms with Crippen molar-refractivity contribution in [2.24, 2.45) is 5.73 Å². The van der Waals surface area contributed by atoms with E-state index in [4.69, 9.17) is 5.73 Å². The number of carbonyl (C=O) groups excluding carboxylic acids is 1. The lowest BCUT2D eigenvalue weighted by Crippen LogP contribution is -2.50. The zero-order valence-corrected chi connectivity index (χ0v) is 12.4. The van der Waals surface area contributed by atoms with Gasteiger partial charge in [0.1, 0.15) is 6.54 Å². The van der Waals surface area contributed by atoms with E-state index in [1.165, 1.54) is 6.42 Å². The number of rotatable bonds is 3. The second-order valence-corrected chi connectivity index (χ2v) is 5.21. The zero-order valence-electron chi connectivity index (χ0n) is 11.6. The summed E-state index contributed by atoms with van der Waals surface area (Å²) < 4.78 is 1.74. The minimum absolute atomic E-state index is 0. The van der Waals surface area contributed by atoms with Crippen molar-refractivity contribution in [1.82, 2.24) is 15.1 Å². The van der Waals surface area contributed by atoms with Crippen molar-refractivity contribution in [3.8, 4) is 0 Å². The Morgan fingerprint density at radius 1 is 1.47 bits per heavy atom. The Morgan fingerprint density at radius 3 is 2.74 bits per heavy atom. The molecule has 5 nitrogen and oxygen atoms in total. The Hall–Kier alpha value is -1.07. The van der Waals surface area contributed by atoms with Crippen LogP contribution in [0, 0.1) is 13.8 Å². The van der Waals surface area contributed by atoms with Crippen LogP contribution in [0.5, 0.6) is 0 Å². The molecule has 1 heterocycles. The van der Waals surface area contributed by atoms with Crippen LogP contribution in [-0.2, 0) is 11.3 Å². The fourth-order valence-electron chi connectivity index (χ4n) is 2.56. The average molecular weight is 287 g/mol. The molecule has 0 bridgehead atoms. The molecule has 0 radical (unpaired) electrons. The molecule has 1 amide bonds. The summed E-state index contributed by atoms with van der Waals surface area (Å²) in [6.45, 7) is 4.17. The zero-order chi connectivity index (χ0) is 13.1. The number of aromatic nitrogens is 2. The first-order chi connectivity index (χ1) is 8.56. The molecule has 0 unspecified atom stereocenters. The van der Waals surface area contributed by atoms with Gasteiger partial charge in [0.25, 0.3) is 0 Å². The highest BCUT2D eigenvalue weighted by Gasteiger charge is 2.23. The topological polar surface area (TPSA) is 72.9 Å². The fraction of sp³-hybridized carbons (Fsp3) is 0.692. The molecular formula is C13H23ClN4O. The van der Waals surface area contributed by atoms with E-state index < -0.39 is 0 Å². The molecule has 0 aliphatic heterocycles. The van der Waals surface area contributed by atoms with Gasteiger partial charge < -0.3 is 11.1 Å². The molecule has 1 aliphatic rings. The smallest absolute Gasteiger partial charge is 0.242 e. The van der Waals surface area contributed by atoms with Crippen molar-refractivity contribution in [1.29, 1.82) is 0 Å². The maximum Gasteiger partial charge on any atom is 0.242 e. The SMILES string of the molecule is Cc1cc(C)n(CC(=O)N[C@@H]2CCCC[C@H]2N)n1.Cl. The molecule has 6 heteroatoms. The summed E-state index contributed by atoms with van der Waals surface area (Å²) in [6.07, 6.45) is 4.32. The summed E-state index contributed by atoms with van der Waals surface area (Å²) >= 11 is 0. The molecule has 1 aromatic rings. The third-order valence-corrected chi connectivity index (χ3v) is 3.56. The minimum atomic E-state index is 0. The Balaban J connectivity index is 0.00000180. The van der Waals surface area contributed by atoms with E-state index in [0.29, 0.717) is 0 Å². The lowest BCUT2D eigenvalue weighted by molar-refractivity contribution is -0.122. The molecule has 2 atom stereocenters. The molecule has 108 valence electrons. The Labute approximate surface area is 120 Å². The molecule has 1 saturated carbocycles. The lowest BCUT2D eigenvalue weighted by Gasteiger charge is -2.29. The minimum Gasteiger partial charge on any atom is -0.350 e. The first-order valence-electron chi connectivity index (χ1n) is 6.62. The molecule has 1 fully saturated rings.